The van der Waals surface area contributed by atoms with Crippen molar-refractivity contribution >= 4 is 11.8 Å². The Bertz CT molecular complexity index is 394. The van der Waals surface area contributed by atoms with E-state index in [0.29, 0.717) is 17.2 Å². The van der Waals surface area contributed by atoms with Crippen LogP contribution in [0.5, 0.6) is 0 Å². The molecule has 1 N–H and O–H groups in total. The highest BCUT2D eigenvalue weighted by atomic mass is 32.2. The molecule has 0 saturated heterocycles. The first-order valence-electron chi connectivity index (χ1n) is 6.16. The fourth-order valence-corrected chi connectivity index (χ4v) is 2.91. The summed E-state index contributed by atoms with van der Waals surface area (Å²) >= 11 is 1.72. The summed E-state index contributed by atoms with van der Waals surface area (Å²) in [6.45, 7) is 5.93. The van der Waals surface area contributed by atoms with Crippen molar-refractivity contribution in [2.45, 2.75) is 26.8 Å². The van der Waals surface area contributed by atoms with Gasteiger partial charge in [0.1, 0.15) is 11.6 Å². The molecule has 0 bridgehead atoms. The Balaban J connectivity index is 2.85. The minimum Gasteiger partial charge on any atom is -0.312 e. The highest BCUT2D eigenvalue weighted by Crippen LogP contribution is 2.26. The number of halogens is 2. The summed E-state index contributed by atoms with van der Waals surface area (Å²) in [5, 5.41) is 3.00. The average molecular weight is 273 g/mol. The average Bonchev–Trinajstić information content (AvgIpc) is 2.32. The highest BCUT2D eigenvalue weighted by Gasteiger charge is 2.20. The number of nitrogens with one attached hydrogen (secondary N) is 1. The summed E-state index contributed by atoms with van der Waals surface area (Å²) in [6, 6.07) is 2.53. The predicted molar refractivity (Wildman–Crippen MR) is 75.1 cm³/mol. The van der Waals surface area contributed by atoms with Crippen molar-refractivity contribution in [3.63, 3.8) is 0 Å². The molecule has 0 fully saturated rings. The molecule has 1 atom stereocenters. The van der Waals surface area contributed by atoms with Crippen LogP contribution in [0.2, 0.25) is 0 Å². The smallest absolute Gasteiger partial charge is 0.133 e. The van der Waals surface area contributed by atoms with Crippen molar-refractivity contribution in [3.05, 3.63) is 34.9 Å². The van der Waals surface area contributed by atoms with Crippen LogP contribution < -0.4 is 5.32 Å². The second-order valence-electron chi connectivity index (χ2n) is 4.86. The lowest BCUT2D eigenvalue weighted by Gasteiger charge is -2.19. The summed E-state index contributed by atoms with van der Waals surface area (Å²) in [7, 11) is 1.74. The van der Waals surface area contributed by atoms with Gasteiger partial charge in [-0.3, -0.25) is 0 Å². The van der Waals surface area contributed by atoms with E-state index in [2.05, 4.69) is 19.2 Å². The van der Waals surface area contributed by atoms with Gasteiger partial charge in [0, 0.05) is 17.4 Å². The molecular formula is C14H21F2NS. The summed E-state index contributed by atoms with van der Waals surface area (Å²) in [5.41, 5.74) is 0.647. The second kappa shape index (κ2) is 7.10. The summed E-state index contributed by atoms with van der Waals surface area (Å²) in [5.74, 6) is 1.35. The van der Waals surface area contributed by atoms with Gasteiger partial charge in [0.25, 0.3) is 0 Å². The molecule has 0 radical (unpaired) electrons. The van der Waals surface area contributed by atoms with Crippen molar-refractivity contribution in [1.29, 1.82) is 0 Å². The van der Waals surface area contributed by atoms with Gasteiger partial charge in [-0.25, -0.2) is 8.78 Å². The van der Waals surface area contributed by atoms with E-state index in [1.165, 1.54) is 12.1 Å². The van der Waals surface area contributed by atoms with Crippen LogP contribution in [0.25, 0.3) is 0 Å². The van der Waals surface area contributed by atoms with Crippen molar-refractivity contribution in [2.75, 3.05) is 18.6 Å². The summed E-state index contributed by atoms with van der Waals surface area (Å²) in [6.07, 6.45) is 0. The van der Waals surface area contributed by atoms with Crippen LogP contribution in [0.1, 0.15) is 31.0 Å². The lowest BCUT2D eigenvalue weighted by atomic mass is 10.0. The fraction of sp³-hybridized carbons (Fsp3) is 0.571. The van der Waals surface area contributed by atoms with E-state index in [1.54, 1.807) is 25.7 Å². The zero-order chi connectivity index (χ0) is 13.7. The summed E-state index contributed by atoms with van der Waals surface area (Å²) in [4.78, 5) is 0. The third-order valence-electron chi connectivity index (χ3n) is 2.75. The van der Waals surface area contributed by atoms with Gasteiger partial charge in [-0.1, -0.05) is 19.9 Å². The van der Waals surface area contributed by atoms with Crippen LogP contribution in [0, 0.1) is 24.5 Å². The minimum atomic E-state index is -0.470. The van der Waals surface area contributed by atoms with E-state index in [1.807, 2.05) is 0 Å². The lowest BCUT2D eigenvalue weighted by Crippen LogP contribution is -2.22. The van der Waals surface area contributed by atoms with Gasteiger partial charge >= 0.3 is 0 Å². The summed E-state index contributed by atoms with van der Waals surface area (Å²) < 4.78 is 27.8. The van der Waals surface area contributed by atoms with Gasteiger partial charge in [-0.2, -0.15) is 11.8 Å². The first-order chi connectivity index (χ1) is 8.47. The van der Waals surface area contributed by atoms with E-state index >= 15 is 0 Å². The number of hydrogen-bond acceptors (Lipinski definition) is 2. The monoisotopic (exact) mass is 273 g/mol. The molecule has 102 valence electrons. The molecule has 0 amide bonds. The normalized spacial score (nSPS) is 13.1. The van der Waals surface area contributed by atoms with Crippen LogP contribution in [-0.4, -0.2) is 18.6 Å². The van der Waals surface area contributed by atoms with E-state index < -0.39 is 11.6 Å². The SMILES string of the molecule is CNC(CSCC(C)C)c1c(F)ccc(C)c1F. The van der Waals surface area contributed by atoms with Crippen molar-refractivity contribution in [1.82, 2.24) is 5.32 Å². The first-order valence-corrected chi connectivity index (χ1v) is 7.32. The van der Waals surface area contributed by atoms with Crippen molar-refractivity contribution in [2.24, 2.45) is 5.92 Å². The van der Waals surface area contributed by atoms with Gasteiger partial charge in [-0.05, 0) is 37.3 Å². The number of aryl methyl sites for hydroxylation is 1. The Morgan fingerprint density at radius 3 is 2.44 bits per heavy atom. The molecule has 1 nitrogen and oxygen atoms in total. The fourth-order valence-electron chi connectivity index (χ4n) is 1.73. The third-order valence-corrected chi connectivity index (χ3v) is 4.22. The Labute approximate surface area is 112 Å². The van der Waals surface area contributed by atoms with Gasteiger partial charge in [0.05, 0.1) is 0 Å². The van der Waals surface area contributed by atoms with Crippen LogP contribution in [0.15, 0.2) is 12.1 Å². The second-order valence-corrected chi connectivity index (χ2v) is 5.94. The molecular weight excluding hydrogens is 252 g/mol. The molecule has 1 aromatic rings. The zero-order valence-corrected chi connectivity index (χ0v) is 12.2. The van der Waals surface area contributed by atoms with Crippen molar-refractivity contribution < 1.29 is 8.78 Å². The quantitative estimate of drug-likeness (QED) is 0.843. The number of benzene rings is 1. The molecule has 0 aliphatic carbocycles. The molecule has 0 heterocycles. The van der Waals surface area contributed by atoms with Gasteiger partial charge in [0.2, 0.25) is 0 Å². The molecule has 0 aliphatic heterocycles. The molecule has 18 heavy (non-hydrogen) atoms. The molecule has 0 aromatic heterocycles. The van der Waals surface area contributed by atoms with Crippen molar-refractivity contribution in [3.8, 4) is 0 Å². The molecule has 0 saturated carbocycles. The Hall–Kier alpha value is -0.610. The van der Waals surface area contributed by atoms with Gasteiger partial charge in [-0.15, -0.1) is 0 Å². The zero-order valence-electron chi connectivity index (χ0n) is 11.4. The number of rotatable bonds is 6. The predicted octanol–water partition coefficient (Wildman–Crippen LogP) is 3.92. The van der Waals surface area contributed by atoms with Crippen LogP contribution in [-0.2, 0) is 0 Å². The van der Waals surface area contributed by atoms with Crippen LogP contribution in [0.3, 0.4) is 0 Å². The minimum absolute atomic E-state index is 0.161. The maximum atomic E-state index is 14.0. The maximum absolute atomic E-state index is 14.0. The first kappa shape index (κ1) is 15.4. The molecule has 1 rings (SSSR count). The van der Waals surface area contributed by atoms with E-state index in [0.717, 1.165) is 5.75 Å². The number of thioether (sulfide) groups is 1. The Morgan fingerprint density at radius 1 is 1.22 bits per heavy atom. The van der Waals surface area contributed by atoms with Gasteiger partial charge in [0.15, 0.2) is 0 Å². The molecule has 0 aliphatic rings. The maximum Gasteiger partial charge on any atom is 0.133 e. The largest absolute Gasteiger partial charge is 0.312 e. The molecule has 4 heteroatoms. The van der Waals surface area contributed by atoms with Crippen LogP contribution in [0.4, 0.5) is 8.78 Å². The Kier molecular flexibility index (Phi) is 6.09. The third kappa shape index (κ3) is 3.95. The molecule has 0 spiro atoms. The lowest BCUT2D eigenvalue weighted by molar-refractivity contribution is 0.509. The topological polar surface area (TPSA) is 12.0 Å². The van der Waals surface area contributed by atoms with Gasteiger partial charge < -0.3 is 5.32 Å². The highest BCUT2D eigenvalue weighted by molar-refractivity contribution is 7.99. The molecule has 1 aromatic carbocycles. The molecule has 1 unspecified atom stereocenters. The number of hydrogen-bond donors (Lipinski definition) is 1. The van der Waals surface area contributed by atoms with E-state index in [4.69, 9.17) is 0 Å². The Morgan fingerprint density at radius 2 is 1.89 bits per heavy atom. The van der Waals surface area contributed by atoms with E-state index in [-0.39, 0.29) is 11.6 Å². The van der Waals surface area contributed by atoms with Crippen LogP contribution >= 0.6 is 11.8 Å². The van der Waals surface area contributed by atoms with E-state index in [9.17, 15) is 8.78 Å². The standard InChI is InChI=1S/C14H21F2NS/c1-9(2)7-18-8-12(17-4)13-11(15)6-5-10(3)14(13)16/h5-6,9,12,17H,7-8H2,1-4H3.